The number of hydrogen-bond donors (Lipinski definition) is 1. The first-order valence-electron chi connectivity index (χ1n) is 7.24. The molecule has 2 aromatic rings. The summed E-state index contributed by atoms with van der Waals surface area (Å²) < 4.78 is 5.87. The lowest BCUT2D eigenvalue weighted by Crippen LogP contribution is -2.18. The molecule has 2 unspecified atom stereocenters. The maximum atomic E-state index is 10.4. The topological polar surface area (TPSA) is 29.5 Å². The fraction of sp³-hybridized carbons (Fsp3) is 0.412. The highest BCUT2D eigenvalue weighted by Crippen LogP contribution is 2.36. The van der Waals surface area contributed by atoms with E-state index in [-0.39, 0.29) is 6.10 Å². The first kappa shape index (κ1) is 13.8. The summed E-state index contributed by atoms with van der Waals surface area (Å²) in [6, 6.07) is 12.6. The molecule has 20 heavy (non-hydrogen) atoms. The predicted octanol–water partition coefficient (Wildman–Crippen LogP) is 4.05. The molecular formula is C17H20O2S. The molecule has 1 N–H and O–H groups in total. The molecule has 1 aliphatic heterocycles. The lowest BCUT2D eigenvalue weighted by Gasteiger charge is -2.27. The second-order valence-corrected chi connectivity index (χ2v) is 6.42. The molecule has 0 bridgehead atoms. The van der Waals surface area contributed by atoms with Crippen LogP contribution in [0.25, 0.3) is 0 Å². The summed E-state index contributed by atoms with van der Waals surface area (Å²) >= 11 is 1.71. The van der Waals surface area contributed by atoms with Crippen molar-refractivity contribution in [1.29, 1.82) is 0 Å². The van der Waals surface area contributed by atoms with Crippen LogP contribution in [-0.2, 0) is 17.6 Å². The molecule has 3 heteroatoms. The van der Waals surface area contributed by atoms with Crippen molar-refractivity contribution in [1.82, 2.24) is 0 Å². The minimum atomic E-state index is -0.434. The van der Waals surface area contributed by atoms with Gasteiger partial charge in [0.25, 0.3) is 0 Å². The molecule has 0 aliphatic carbocycles. The van der Waals surface area contributed by atoms with Gasteiger partial charge in [0.1, 0.15) is 0 Å². The Morgan fingerprint density at radius 1 is 1.30 bits per heavy atom. The van der Waals surface area contributed by atoms with Crippen LogP contribution in [0.1, 0.15) is 46.4 Å². The van der Waals surface area contributed by atoms with Gasteiger partial charge in [-0.15, -0.1) is 11.3 Å². The first-order valence-corrected chi connectivity index (χ1v) is 8.05. The summed E-state index contributed by atoms with van der Waals surface area (Å²) in [6.45, 7) is 2.89. The van der Waals surface area contributed by atoms with Gasteiger partial charge in [0.15, 0.2) is 0 Å². The Bertz CT molecular complexity index is 576. The van der Waals surface area contributed by atoms with E-state index in [9.17, 15) is 5.11 Å². The van der Waals surface area contributed by atoms with Crippen LogP contribution < -0.4 is 0 Å². The van der Waals surface area contributed by atoms with Crippen LogP contribution in [0.2, 0.25) is 0 Å². The van der Waals surface area contributed by atoms with E-state index in [1.807, 2.05) is 12.1 Å². The molecule has 0 radical (unpaired) electrons. The summed E-state index contributed by atoms with van der Waals surface area (Å²) in [5.74, 6) is 0. The highest BCUT2D eigenvalue weighted by molar-refractivity contribution is 7.12. The minimum Gasteiger partial charge on any atom is -0.387 e. The Morgan fingerprint density at radius 2 is 2.15 bits per heavy atom. The van der Waals surface area contributed by atoms with Gasteiger partial charge < -0.3 is 9.84 Å². The molecule has 1 aromatic heterocycles. The van der Waals surface area contributed by atoms with Crippen molar-refractivity contribution in [2.75, 3.05) is 6.61 Å². The lowest BCUT2D eigenvalue weighted by molar-refractivity contribution is 0.00457. The molecule has 2 atom stereocenters. The van der Waals surface area contributed by atoms with Crippen LogP contribution in [-0.4, -0.2) is 11.7 Å². The van der Waals surface area contributed by atoms with Gasteiger partial charge in [-0.05, 0) is 36.1 Å². The van der Waals surface area contributed by atoms with Crippen molar-refractivity contribution in [2.45, 2.75) is 38.4 Å². The monoisotopic (exact) mass is 288 g/mol. The molecule has 0 saturated carbocycles. The van der Waals surface area contributed by atoms with E-state index >= 15 is 0 Å². The zero-order valence-corrected chi connectivity index (χ0v) is 12.5. The number of hydrogen-bond acceptors (Lipinski definition) is 3. The Hall–Kier alpha value is -1.16. The number of aliphatic hydroxyl groups excluding tert-OH is 1. The van der Waals surface area contributed by atoms with E-state index in [0.717, 1.165) is 24.3 Å². The van der Waals surface area contributed by atoms with Crippen LogP contribution in [0, 0.1) is 0 Å². The molecule has 106 valence electrons. The summed E-state index contributed by atoms with van der Waals surface area (Å²) in [7, 11) is 0. The summed E-state index contributed by atoms with van der Waals surface area (Å²) in [5, 5.41) is 10.4. The quantitative estimate of drug-likeness (QED) is 0.919. The molecule has 0 fully saturated rings. The van der Waals surface area contributed by atoms with Crippen LogP contribution in [0.5, 0.6) is 0 Å². The fourth-order valence-corrected chi connectivity index (χ4v) is 3.71. The Labute approximate surface area is 124 Å². The van der Waals surface area contributed by atoms with E-state index < -0.39 is 6.10 Å². The first-order chi connectivity index (χ1) is 9.78. The van der Waals surface area contributed by atoms with Crippen molar-refractivity contribution in [2.24, 2.45) is 0 Å². The van der Waals surface area contributed by atoms with Crippen LogP contribution in [0.15, 0.2) is 36.4 Å². The number of aryl methyl sites for hydroxylation is 1. The standard InChI is InChI=1S/C17H20O2S/c1-2-13-7-8-17(20-13)15(18)11-16-14-6-4-3-5-12(14)9-10-19-16/h3-8,15-16,18H,2,9-11H2,1H3. The van der Waals surface area contributed by atoms with E-state index in [1.165, 1.54) is 16.0 Å². The van der Waals surface area contributed by atoms with Gasteiger partial charge in [-0.1, -0.05) is 31.2 Å². The number of fused-ring (bicyclic) bond motifs is 1. The van der Waals surface area contributed by atoms with Crippen LogP contribution in [0.4, 0.5) is 0 Å². The summed E-state index contributed by atoms with van der Waals surface area (Å²) in [5.41, 5.74) is 2.60. The minimum absolute atomic E-state index is 0.0159. The van der Waals surface area contributed by atoms with Gasteiger partial charge in [0.2, 0.25) is 0 Å². The summed E-state index contributed by atoms with van der Waals surface area (Å²) in [4.78, 5) is 2.37. The largest absolute Gasteiger partial charge is 0.387 e. The SMILES string of the molecule is CCc1ccc(C(O)CC2OCCc3ccccc32)s1. The average Bonchev–Trinajstić information content (AvgIpc) is 2.97. The van der Waals surface area contributed by atoms with Gasteiger partial charge in [0.05, 0.1) is 18.8 Å². The van der Waals surface area contributed by atoms with Crippen molar-refractivity contribution in [3.63, 3.8) is 0 Å². The van der Waals surface area contributed by atoms with Gasteiger partial charge in [-0.3, -0.25) is 0 Å². The Morgan fingerprint density at radius 3 is 2.95 bits per heavy atom. The van der Waals surface area contributed by atoms with E-state index in [1.54, 1.807) is 11.3 Å². The van der Waals surface area contributed by atoms with Crippen molar-refractivity contribution in [3.8, 4) is 0 Å². The molecule has 2 nitrogen and oxygen atoms in total. The molecule has 0 saturated heterocycles. The molecule has 1 aromatic carbocycles. The third-order valence-electron chi connectivity index (χ3n) is 3.89. The second kappa shape index (κ2) is 6.08. The van der Waals surface area contributed by atoms with Gasteiger partial charge in [0, 0.05) is 16.2 Å². The maximum absolute atomic E-state index is 10.4. The molecular weight excluding hydrogens is 268 g/mol. The second-order valence-electron chi connectivity index (χ2n) is 5.22. The van der Waals surface area contributed by atoms with Crippen molar-refractivity contribution < 1.29 is 9.84 Å². The smallest absolute Gasteiger partial charge is 0.0910 e. The number of benzene rings is 1. The average molecular weight is 288 g/mol. The zero-order valence-electron chi connectivity index (χ0n) is 11.7. The predicted molar refractivity (Wildman–Crippen MR) is 82.1 cm³/mol. The zero-order chi connectivity index (χ0) is 13.9. The summed E-state index contributed by atoms with van der Waals surface area (Å²) in [6.07, 6.45) is 2.22. The van der Waals surface area contributed by atoms with E-state index in [4.69, 9.17) is 4.74 Å². The normalized spacial score (nSPS) is 19.6. The third kappa shape index (κ3) is 2.80. The Balaban J connectivity index is 1.75. The highest BCUT2D eigenvalue weighted by atomic mass is 32.1. The molecule has 0 amide bonds. The molecule has 3 rings (SSSR count). The molecule has 1 aliphatic rings. The number of aliphatic hydroxyl groups is 1. The van der Waals surface area contributed by atoms with E-state index in [2.05, 4.69) is 31.2 Å². The van der Waals surface area contributed by atoms with Gasteiger partial charge in [-0.25, -0.2) is 0 Å². The molecule has 0 spiro atoms. The van der Waals surface area contributed by atoms with E-state index in [0.29, 0.717) is 6.42 Å². The number of thiophene rings is 1. The van der Waals surface area contributed by atoms with Crippen LogP contribution >= 0.6 is 11.3 Å². The maximum Gasteiger partial charge on any atom is 0.0910 e. The van der Waals surface area contributed by atoms with Crippen molar-refractivity contribution in [3.05, 3.63) is 57.3 Å². The number of rotatable bonds is 4. The lowest BCUT2D eigenvalue weighted by atomic mass is 9.94. The van der Waals surface area contributed by atoms with Crippen LogP contribution in [0.3, 0.4) is 0 Å². The van der Waals surface area contributed by atoms with Gasteiger partial charge in [-0.2, -0.15) is 0 Å². The molecule has 2 heterocycles. The fourth-order valence-electron chi connectivity index (χ4n) is 2.75. The van der Waals surface area contributed by atoms with Crippen molar-refractivity contribution >= 4 is 11.3 Å². The number of ether oxygens (including phenoxy) is 1. The highest BCUT2D eigenvalue weighted by Gasteiger charge is 2.24. The Kier molecular flexibility index (Phi) is 4.20. The van der Waals surface area contributed by atoms with Gasteiger partial charge >= 0.3 is 0 Å². The third-order valence-corrected chi connectivity index (χ3v) is 5.22.